The van der Waals surface area contributed by atoms with Crippen LogP contribution in [0.25, 0.3) is 0 Å². The Balaban J connectivity index is 3.94. The summed E-state index contributed by atoms with van der Waals surface area (Å²) in [7, 11) is 0. The molecule has 0 saturated heterocycles. The van der Waals surface area contributed by atoms with Crippen LogP contribution in [0.3, 0.4) is 0 Å². The lowest BCUT2D eigenvalue weighted by Gasteiger charge is -2.18. The number of aliphatic carboxylic acids is 1. The number of carbonyl (C=O) groups is 2. The van der Waals surface area contributed by atoms with Gasteiger partial charge in [0.25, 0.3) is 0 Å². The number of esters is 1. The van der Waals surface area contributed by atoms with Gasteiger partial charge in [-0.2, -0.15) is 0 Å². The highest BCUT2D eigenvalue weighted by Gasteiger charge is 2.15. The van der Waals surface area contributed by atoms with Crippen LogP contribution in [-0.2, 0) is 14.3 Å². The Kier molecular flexibility index (Phi) is 35.7. The third-order valence-electron chi connectivity index (χ3n) is 8.55. The topological polar surface area (TPSA) is 63.6 Å². The second kappa shape index (κ2) is 37.4. The van der Waals surface area contributed by atoms with Crippen LogP contribution < -0.4 is 0 Å². The molecule has 0 aliphatic rings. The van der Waals surface area contributed by atoms with Gasteiger partial charge in [0.2, 0.25) is 0 Å². The van der Waals surface area contributed by atoms with Gasteiger partial charge >= 0.3 is 11.9 Å². The highest BCUT2D eigenvalue weighted by molar-refractivity contribution is 5.69. The summed E-state index contributed by atoms with van der Waals surface area (Å²) in [5, 5.41) is 9.02. The lowest BCUT2D eigenvalue weighted by atomic mass is 10.0. The largest absolute Gasteiger partial charge is 0.481 e. The predicted octanol–water partition coefficient (Wildman–Crippen LogP) is 13.6. The number of ether oxygens (including phenoxy) is 1. The van der Waals surface area contributed by atoms with E-state index in [1.807, 2.05) is 0 Å². The van der Waals surface area contributed by atoms with Crippen molar-refractivity contribution in [1.82, 2.24) is 0 Å². The first kappa shape index (κ1) is 43.9. The third kappa shape index (κ3) is 36.4. The van der Waals surface area contributed by atoms with Gasteiger partial charge in [-0.05, 0) is 70.6 Å². The van der Waals surface area contributed by atoms with E-state index in [0.717, 1.165) is 51.4 Å². The summed E-state index contributed by atoms with van der Waals surface area (Å²) < 4.78 is 5.80. The Bertz CT molecular complexity index is 779. The van der Waals surface area contributed by atoms with E-state index in [1.54, 1.807) is 0 Å². The summed E-state index contributed by atoms with van der Waals surface area (Å²) in [5.41, 5.74) is 0. The molecule has 0 radical (unpaired) electrons. The molecular formula is C42H74O4. The van der Waals surface area contributed by atoms with E-state index in [4.69, 9.17) is 9.84 Å². The summed E-state index contributed by atoms with van der Waals surface area (Å²) in [4.78, 5) is 23.5. The Morgan fingerprint density at radius 3 is 1.35 bits per heavy atom. The molecule has 0 aromatic heterocycles. The van der Waals surface area contributed by atoms with Crippen molar-refractivity contribution in [2.24, 2.45) is 0 Å². The SMILES string of the molecule is CCCCC/C=C\C/C=C\C/C=C\C/C=C\CCCC(=O)OC(CCCCCCCCCCCCCCCCC)CCCC(=O)O. The molecule has 0 rings (SSSR count). The lowest BCUT2D eigenvalue weighted by molar-refractivity contribution is -0.150. The molecule has 1 atom stereocenters. The number of carboxylic acid groups (broad SMARTS) is 1. The van der Waals surface area contributed by atoms with Crippen molar-refractivity contribution in [3.63, 3.8) is 0 Å². The van der Waals surface area contributed by atoms with E-state index in [1.165, 1.54) is 109 Å². The van der Waals surface area contributed by atoms with Crippen LogP contribution >= 0.6 is 0 Å². The average molecular weight is 643 g/mol. The zero-order chi connectivity index (χ0) is 33.6. The smallest absolute Gasteiger partial charge is 0.306 e. The molecule has 0 bridgehead atoms. The Labute approximate surface area is 285 Å². The zero-order valence-corrected chi connectivity index (χ0v) is 30.4. The third-order valence-corrected chi connectivity index (χ3v) is 8.55. The van der Waals surface area contributed by atoms with Gasteiger partial charge in [0.05, 0.1) is 0 Å². The maximum atomic E-state index is 12.5. The molecule has 4 nitrogen and oxygen atoms in total. The van der Waals surface area contributed by atoms with Gasteiger partial charge in [0, 0.05) is 12.8 Å². The number of unbranched alkanes of at least 4 members (excludes halogenated alkanes) is 18. The molecule has 0 aromatic carbocycles. The maximum absolute atomic E-state index is 12.5. The minimum absolute atomic E-state index is 0.138. The van der Waals surface area contributed by atoms with E-state index < -0.39 is 5.97 Å². The number of carbonyl (C=O) groups excluding carboxylic acids is 1. The number of hydrogen-bond donors (Lipinski definition) is 1. The van der Waals surface area contributed by atoms with E-state index >= 15 is 0 Å². The first-order chi connectivity index (χ1) is 22.6. The Morgan fingerprint density at radius 1 is 0.478 bits per heavy atom. The van der Waals surface area contributed by atoms with Crippen molar-refractivity contribution in [3.05, 3.63) is 48.6 Å². The van der Waals surface area contributed by atoms with Crippen LogP contribution in [0.15, 0.2) is 48.6 Å². The standard InChI is InChI=1S/C42H74O4/c1-3-5-7-9-11-13-15-17-19-20-22-24-26-28-30-32-34-39-42(45)46-40(37-35-38-41(43)44)36-33-31-29-27-25-23-21-18-16-14-12-10-8-6-4-2/h11,13,17,19,22,24,28,30,40H,3-10,12,14-16,18,20-21,23,25-27,29,31-39H2,1-2H3,(H,43,44)/b13-11-,19-17-,24-22-,30-28-. The highest BCUT2D eigenvalue weighted by atomic mass is 16.5. The molecule has 0 aromatic rings. The van der Waals surface area contributed by atoms with Crippen LogP contribution in [0.2, 0.25) is 0 Å². The van der Waals surface area contributed by atoms with Crippen molar-refractivity contribution in [2.75, 3.05) is 0 Å². The van der Waals surface area contributed by atoms with Gasteiger partial charge in [0.15, 0.2) is 0 Å². The van der Waals surface area contributed by atoms with Crippen LogP contribution in [0.4, 0.5) is 0 Å². The molecule has 0 aliphatic heterocycles. The lowest BCUT2D eigenvalue weighted by Crippen LogP contribution is -2.18. The molecule has 1 N–H and O–H groups in total. The zero-order valence-electron chi connectivity index (χ0n) is 30.4. The second-order valence-corrected chi connectivity index (χ2v) is 13.1. The van der Waals surface area contributed by atoms with Crippen LogP contribution in [0, 0.1) is 0 Å². The molecule has 46 heavy (non-hydrogen) atoms. The van der Waals surface area contributed by atoms with E-state index in [-0.39, 0.29) is 18.5 Å². The Hall–Kier alpha value is -2.10. The van der Waals surface area contributed by atoms with Gasteiger partial charge < -0.3 is 9.84 Å². The van der Waals surface area contributed by atoms with Crippen molar-refractivity contribution >= 4 is 11.9 Å². The number of rotatable bonds is 35. The molecule has 0 aliphatic carbocycles. The summed E-state index contributed by atoms with van der Waals surface area (Å²) >= 11 is 0. The molecule has 4 heteroatoms. The summed E-state index contributed by atoms with van der Waals surface area (Å²) in [6.07, 6.45) is 49.8. The van der Waals surface area contributed by atoms with Crippen molar-refractivity contribution < 1.29 is 19.4 Å². The fourth-order valence-corrected chi connectivity index (χ4v) is 5.66. The number of allylic oxidation sites excluding steroid dienone is 8. The summed E-state index contributed by atoms with van der Waals surface area (Å²) in [6.45, 7) is 4.51. The van der Waals surface area contributed by atoms with Crippen molar-refractivity contribution in [1.29, 1.82) is 0 Å². The second-order valence-electron chi connectivity index (χ2n) is 13.1. The number of hydrogen-bond acceptors (Lipinski definition) is 3. The molecule has 0 saturated carbocycles. The highest BCUT2D eigenvalue weighted by Crippen LogP contribution is 2.18. The van der Waals surface area contributed by atoms with Gasteiger partial charge in [-0.3, -0.25) is 9.59 Å². The van der Waals surface area contributed by atoms with Gasteiger partial charge in [0.1, 0.15) is 6.10 Å². The molecular weight excluding hydrogens is 568 g/mol. The van der Waals surface area contributed by atoms with Crippen molar-refractivity contribution in [3.8, 4) is 0 Å². The monoisotopic (exact) mass is 643 g/mol. The Morgan fingerprint density at radius 2 is 0.870 bits per heavy atom. The van der Waals surface area contributed by atoms with Gasteiger partial charge in [-0.1, -0.05) is 165 Å². The normalized spacial score (nSPS) is 12.7. The molecule has 266 valence electrons. The average Bonchev–Trinajstić information content (AvgIpc) is 3.04. The first-order valence-corrected chi connectivity index (χ1v) is 19.6. The summed E-state index contributed by atoms with van der Waals surface area (Å²) in [6, 6.07) is 0. The van der Waals surface area contributed by atoms with E-state index in [0.29, 0.717) is 19.3 Å². The number of carboxylic acids is 1. The fourth-order valence-electron chi connectivity index (χ4n) is 5.66. The summed E-state index contributed by atoms with van der Waals surface area (Å²) in [5.74, 6) is -0.923. The van der Waals surface area contributed by atoms with Gasteiger partial charge in [-0.15, -0.1) is 0 Å². The van der Waals surface area contributed by atoms with Crippen LogP contribution in [-0.4, -0.2) is 23.1 Å². The van der Waals surface area contributed by atoms with Crippen molar-refractivity contribution in [2.45, 2.75) is 206 Å². The van der Waals surface area contributed by atoms with Crippen LogP contribution in [0.5, 0.6) is 0 Å². The molecule has 0 fully saturated rings. The van der Waals surface area contributed by atoms with E-state index in [2.05, 4.69) is 62.5 Å². The minimum atomic E-state index is -0.781. The fraction of sp³-hybridized carbons (Fsp3) is 0.762. The van der Waals surface area contributed by atoms with Crippen LogP contribution in [0.1, 0.15) is 200 Å². The maximum Gasteiger partial charge on any atom is 0.306 e. The predicted molar refractivity (Wildman–Crippen MR) is 199 cm³/mol. The van der Waals surface area contributed by atoms with E-state index in [9.17, 15) is 9.59 Å². The minimum Gasteiger partial charge on any atom is -0.481 e. The van der Waals surface area contributed by atoms with Gasteiger partial charge in [-0.25, -0.2) is 0 Å². The molecule has 0 spiro atoms. The quantitative estimate of drug-likeness (QED) is 0.0424. The molecule has 0 amide bonds. The molecule has 1 unspecified atom stereocenters. The first-order valence-electron chi connectivity index (χ1n) is 19.6. The molecule has 0 heterocycles.